The number of benzene rings is 2. The number of carbonyl (C=O) groups is 1. The number of nitrogens with zero attached hydrogens (tertiary/aromatic N) is 1. The Morgan fingerprint density at radius 3 is 2.48 bits per heavy atom. The Morgan fingerprint density at radius 2 is 1.84 bits per heavy atom. The van der Waals surface area contributed by atoms with E-state index in [0.717, 1.165) is 29.0 Å². The van der Waals surface area contributed by atoms with Crippen molar-refractivity contribution in [3.05, 3.63) is 64.1 Å². The van der Waals surface area contributed by atoms with Gasteiger partial charge in [-0.15, -0.1) is 0 Å². The van der Waals surface area contributed by atoms with E-state index in [9.17, 15) is 4.79 Å². The Balaban J connectivity index is 1.63. The normalized spacial score (nSPS) is 18.7. The lowest BCUT2D eigenvalue weighted by Crippen LogP contribution is -2.34. The van der Waals surface area contributed by atoms with Crippen LogP contribution in [-0.4, -0.2) is 19.0 Å². The maximum atomic E-state index is 12.4. The van der Waals surface area contributed by atoms with Gasteiger partial charge < -0.3 is 10.2 Å². The maximum Gasteiger partial charge on any atom is 0.251 e. The molecule has 0 bridgehead atoms. The first-order chi connectivity index (χ1) is 12.0. The predicted molar refractivity (Wildman–Crippen MR) is 107 cm³/mol. The summed E-state index contributed by atoms with van der Waals surface area (Å²) in [4.78, 5) is 14.8. The molecule has 1 aliphatic rings. The first-order valence-electron chi connectivity index (χ1n) is 8.94. The fourth-order valence-electron chi connectivity index (χ4n) is 3.36. The largest absolute Gasteiger partial charge is 0.371 e. The summed E-state index contributed by atoms with van der Waals surface area (Å²) in [6.45, 7) is 6.61. The van der Waals surface area contributed by atoms with Gasteiger partial charge >= 0.3 is 0 Å². The second-order valence-corrected chi connectivity index (χ2v) is 7.90. The molecule has 3 rings (SSSR count). The quantitative estimate of drug-likeness (QED) is 0.766. The van der Waals surface area contributed by atoms with Gasteiger partial charge in [-0.3, -0.25) is 4.79 Å². The molecule has 0 aliphatic carbocycles. The average molecular weight is 401 g/mol. The van der Waals surface area contributed by atoms with E-state index in [1.807, 2.05) is 31.2 Å². The molecule has 2 atom stereocenters. The van der Waals surface area contributed by atoms with Gasteiger partial charge in [0.1, 0.15) is 0 Å². The fourth-order valence-corrected chi connectivity index (χ4v) is 3.63. The van der Waals surface area contributed by atoms with Gasteiger partial charge in [0, 0.05) is 28.8 Å². The van der Waals surface area contributed by atoms with Gasteiger partial charge in [0.2, 0.25) is 0 Å². The summed E-state index contributed by atoms with van der Waals surface area (Å²) in [5.74, 6) is 0.714. The standard InChI is InChI=1S/C21H25BrN2O/c1-15-4-3-13-24(14-15)20-11-7-17(8-12-20)16(2)23-21(25)18-5-9-19(22)10-6-18/h5-12,15-16H,3-4,13-14H2,1-2H3,(H,23,25). The maximum absolute atomic E-state index is 12.4. The van der Waals surface area contributed by atoms with Crippen LogP contribution >= 0.6 is 15.9 Å². The molecule has 132 valence electrons. The zero-order valence-corrected chi connectivity index (χ0v) is 16.4. The summed E-state index contributed by atoms with van der Waals surface area (Å²) in [6.07, 6.45) is 2.59. The van der Waals surface area contributed by atoms with Gasteiger partial charge in [-0.2, -0.15) is 0 Å². The lowest BCUT2D eigenvalue weighted by Gasteiger charge is -2.33. The molecule has 0 saturated carbocycles. The monoisotopic (exact) mass is 400 g/mol. The second kappa shape index (κ2) is 8.05. The number of amides is 1. The van der Waals surface area contributed by atoms with Crippen molar-refractivity contribution in [3.63, 3.8) is 0 Å². The van der Waals surface area contributed by atoms with E-state index >= 15 is 0 Å². The van der Waals surface area contributed by atoms with E-state index in [1.165, 1.54) is 18.5 Å². The Labute approximate surface area is 158 Å². The molecule has 25 heavy (non-hydrogen) atoms. The van der Waals surface area contributed by atoms with Crippen molar-refractivity contribution < 1.29 is 4.79 Å². The smallest absolute Gasteiger partial charge is 0.251 e. The van der Waals surface area contributed by atoms with Crippen LogP contribution in [0.2, 0.25) is 0 Å². The van der Waals surface area contributed by atoms with E-state index < -0.39 is 0 Å². The molecular weight excluding hydrogens is 376 g/mol. The minimum atomic E-state index is -0.0473. The molecule has 4 heteroatoms. The third kappa shape index (κ3) is 4.63. The van der Waals surface area contributed by atoms with Crippen LogP contribution in [0.5, 0.6) is 0 Å². The minimum Gasteiger partial charge on any atom is -0.371 e. The van der Waals surface area contributed by atoms with E-state index in [4.69, 9.17) is 0 Å². The molecule has 1 N–H and O–H groups in total. The van der Waals surface area contributed by atoms with Gasteiger partial charge in [-0.1, -0.05) is 35.0 Å². The number of hydrogen-bond acceptors (Lipinski definition) is 2. The van der Waals surface area contributed by atoms with Crippen LogP contribution in [-0.2, 0) is 0 Å². The Morgan fingerprint density at radius 1 is 1.16 bits per heavy atom. The van der Waals surface area contributed by atoms with Gasteiger partial charge in [0.25, 0.3) is 5.91 Å². The van der Waals surface area contributed by atoms with Crippen LogP contribution in [0, 0.1) is 5.92 Å². The average Bonchev–Trinajstić information content (AvgIpc) is 2.62. The highest BCUT2D eigenvalue weighted by Crippen LogP contribution is 2.24. The number of halogens is 1. The van der Waals surface area contributed by atoms with E-state index in [1.54, 1.807) is 0 Å². The highest BCUT2D eigenvalue weighted by atomic mass is 79.9. The minimum absolute atomic E-state index is 0.0227. The van der Waals surface area contributed by atoms with E-state index in [0.29, 0.717) is 5.56 Å². The third-order valence-electron chi connectivity index (χ3n) is 4.87. The number of rotatable bonds is 4. The Bertz CT molecular complexity index is 712. The first kappa shape index (κ1) is 18.0. The van der Waals surface area contributed by atoms with Gasteiger partial charge in [0.15, 0.2) is 0 Å². The fraction of sp³-hybridized carbons (Fsp3) is 0.381. The number of hydrogen-bond donors (Lipinski definition) is 1. The van der Waals surface area contributed by atoms with Crippen molar-refractivity contribution in [1.29, 1.82) is 0 Å². The summed E-state index contributed by atoms with van der Waals surface area (Å²) in [5.41, 5.74) is 3.08. The van der Waals surface area contributed by atoms with Crippen LogP contribution in [0.3, 0.4) is 0 Å². The van der Waals surface area contributed by atoms with Crippen LogP contribution in [0.4, 0.5) is 5.69 Å². The molecule has 0 radical (unpaired) electrons. The highest BCUT2D eigenvalue weighted by Gasteiger charge is 2.17. The van der Waals surface area contributed by atoms with Gasteiger partial charge in [0.05, 0.1) is 6.04 Å². The molecule has 1 aliphatic heterocycles. The zero-order chi connectivity index (χ0) is 17.8. The van der Waals surface area contributed by atoms with Crippen molar-refractivity contribution in [2.24, 2.45) is 5.92 Å². The molecule has 0 spiro atoms. The molecular formula is C21H25BrN2O. The molecule has 0 aromatic heterocycles. The Hall–Kier alpha value is -1.81. The zero-order valence-electron chi connectivity index (χ0n) is 14.8. The van der Waals surface area contributed by atoms with E-state index in [2.05, 4.69) is 57.3 Å². The van der Waals surface area contributed by atoms with Crippen LogP contribution < -0.4 is 10.2 Å². The SMILES string of the molecule is CC1CCCN(c2ccc(C(C)NC(=O)c3ccc(Br)cc3)cc2)C1. The van der Waals surface area contributed by atoms with Gasteiger partial charge in [-0.05, 0) is 67.6 Å². The van der Waals surface area contributed by atoms with Crippen LogP contribution in [0.15, 0.2) is 53.0 Å². The summed E-state index contributed by atoms with van der Waals surface area (Å²) >= 11 is 3.39. The molecule has 1 amide bonds. The number of piperidine rings is 1. The predicted octanol–water partition coefficient (Wildman–Crippen LogP) is 5.18. The summed E-state index contributed by atoms with van der Waals surface area (Å²) in [6, 6.07) is 16.0. The van der Waals surface area contributed by atoms with Crippen molar-refractivity contribution in [3.8, 4) is 0 Å². The van der Waals surface area contributed by atoms with Crippen LogP contribution in [0.25, 0.3) is 0 Å². The van der Waals surface area contributed by atoms with Crippen molar-refractivity contribution >= 4 is 27.5 Å². The summed E-state index contributed by atoms with van der Waals surface area (Å²) in [5, 5.41) is 3.07. The molecule has 2 unspecified atom stereocenters. The van der Waals surface area contributed by atoms with Crippen molar-refractivity contribution in [1.82, 2.24) is 5.32 Å². The third-order valence-corrected chi connectivity index (χ3v) is 5.40. The topological polar surface area (TPSA) is 32.3 Å². The highest BCUT2D eigenvalue weighted by molar-refractivity contribution is 9.10. The number of anilines is 1. The first-order valence-corrected chi connectivity index (χ1v) is 9.73. The molecule has 1 fully saturated rings. The summed E-state index contributed by atoms with van der Waals surface area (Å²) in [7, 11) is 0. The van der Waals surface area contributed by atoms with Crippen LogP contribution in [0.1, 0.15) is 48.7 Å². The molecule has 1 heterocycles. The molecule has 1 saturated heterocycles. The molecule has 3 nitrogen and oxygen atoms in total. The lowest BCUT2D eigenvalue weighted by atomic mass is 9.99. The lowest BCUT2D eigenvalue weighted by molar-refractivity contribution is 0.0940. The Kier molecular flexibility index (Phi) is 5.79. The van der Waals surface area contributed by atoms with E-state index in [-0.39, 0.29) is 11.9 Å². The number of nitrogens with one attached hydrogen (secondary N) is 1. The summed E-state index contributed by atoms with van der Waals surface area (Å²) < 4.78 is 0.972. The van der Waals surface area contributed by atoms with Crippen molar-refractivity contribution in [2.45, 2.75) is 32.7 Å². The molecule has 2 aromatic carbocycles. The van der Waals surface area contributed by atoms with Crippen molar-refractivity contribution in [2.75, 3.05) is 18.0 Å². The second-order valence-electron chi connectivity index (χ2n) is 6.99. The number of carbonyl (C=O) groups excluding carboxylic acids is 1. The molecule has 2 aromatic rings. The van der Waals surface area contributed by atoms with Gasteiger partial charge in [-0.25, -0.2) is 0 Å².